The number of nitrogens with one attached hydrogen (secondary N) is 2. The highest BCUT2D eigenvalue weighted by Gasteiger charge is 2.12. The maximum absolute atomic E-state index is 5.44. The third kappa shape index (κ3) is 7.04. The number of hydrogen-bond acceptors (Lipinski definition) is 3. The first-order chi connectivity index (χ1) is 9.54. The predicted molar refractivity (Wildman–Crippen MR) is 88.0 cm³/mol. The molecule has 0 unspecified atom stereocenters. The highest BCUT2D eigenvalue weighted by molar-refractivity contribution is 5.27. The van der Waals surface area contributed by atoms with E-state index in [0.717, 1.165) is 45.6 Å². The molecule has 0 bridgehead atoms. The van der Waals surface area contributed by atoms with Crippen LogP contribution in [-0.2, 0) is 12.0 Å². The van der Waals surface area contributed by atoms with E-state index in [2.05, 4.69) is 55.7 Å². The summed E-state index contributed by atoms with van der Waals surface area (Å²) in [6.07, 6.45) is 2.22. The van der Waals surface area contributed by atoms with Gasteiger partial charge in [-0.15, -0.1) is 0 Å². The van der Waals surface area contributed by atoms with E-state index in [1.165, 1.54) is 11.1 Å². The molecule has 0 spiro atoms. The molecule has 3 nitrogen and oxygen atoms in total. The molecule has 114 valence electrons. The fraction of sp³-hybridized carbons (Fsp3) is 0.647. The minimum atomic E-state index is 0.237. The number of rotatable bonds is 9. The Kier molecular flexibility index (Phi) is 7.82. The van der Waals surface area contributed by atoms with E-state index in [1.54, 1.807) is 0 Å². The van der Waals surface area contributed by atoms with Crippen molar-refractivity contribution >= 4 is 0 Å². The maximum Gasteiger partial charge on any atom is 0.0205 e. The van der Waals surface area contributed by atoms with Gasteiger partial charge in [0.1, 0.15) is 0 Å². The third-order valence-electron chi connectivity index (χ3n) is 3.41. The second kappa shape index (κ2) is 9.11. The normalized spacial score (nSPS) is 11.8. The molecule has 0 aliphatic rings. The molecule has 0 radical (unpaired) electrons. The minimum Gasteiger partial charge on any atom is -0.330 e. The fourth-order valence-corrected chi connectivity index (χ4v) is 2.05. The summed E-state index contributed by atoms with van der Waals surface area (Å²) in [6, 6.07) is 8.94. The lowest BCUT2D eigenvalue weighted by atomic mass is 9.87. The maximum atomic E-state index is 5.44. The smallest absolute Gasteiger partial charge is 0.0205 e. The average Bonchev–Trinajstić information content (AvgIpc) is 2.41. The third-order valence-corrected chi connectivity index (χ3v) is 3.41. The molecule has 1 aromatic rings. The van der Waals surface area contributed by atoms with Gasteiger partial charge in [0.25, 0.3) is 0 Å². The SMILES string of the molecule is CC(C)(C)c1ccc(CNCCCNCCCN)cc1. The first kappa shape index (κ1) is 17.2. The van der Waals surface area contributed by atoms with Crippen LogP contribution in [0.2, 0.25) is 0 Å². The molecule has 0 heterocycles. The van der Waals surface area contributed by atoms with Crippen LogP contribution in [0.4, 0.5) is 0 Å². The second-order valence-corrected chi connectivity index (χ2v) is 6.37. The van der Waals surface area contributed by atoms with Crippen molar-refractivity contribution in [3.63, 3.8) is 0 Å². The van der Waals surface area contributed by atoms with Gasteiger partial charge in [-0.25, -0.2) is 0 Å². The first-order valence-corrected chi connectivity index (χ1v) is 7.75. The molecule has 3 heteroatoms. The Hall–Kier alpha value is -0.900. The Bertz CT molecular complexity index is 351. The van der Waals surface area contributed by atoms with Crippen LogP contribution >= 0.6 is 0 Å². The van der Waals surface area contributed by atoms with Gasteiger partial charge in [-0.05, 0) is 55.6 Å². The summed E-state index contributed by atoms with van der Waals surface area (Å²) in [4.78, 5) is 0. The van der Waals surface area contributed by atoms with Crippen LogP contribution in [0.1, 0.15) is 44.7 Å². The average molecular weight is 277 g/mol. The molecule has 1 aromatic carbocycles. The predicted octanol–water partition coefficient (Wildman–Crippen LogP) is 2.40. The molecule has 20 heavy (non-hydrogen) atoms. The minimum absolute atomic E-state index is 0.237. The van der Waals surface area contributed by atoms with Crippen molar-refractivity contribution in [2.75, 3.05) is 26.2 Å². The van der Waals surface area contributed by atoms with E-state index in [1.807, 2.05) is 0 Å². The van der Waals surface area contributed by atoms with Crippen LogP contribution in [-0.4, -0.2) is 26.2 Å². The van der Waals surface area contributed by atoms with E-state index in [-0.39, 0.29) is 5.41 Å². The molecule has 0 saturated carbocycles. The highest BCUT2D eigenvalue weighted by Crippen LogP contribution is 2.22. The van der Waals surface area contributed by atoms with Gasteiger partial charge in [0.15, 0.2) is 0 Å². The zero-order valence-corrected chi connectivity index (χ0v) is 13.3. The van der Waals surface area contributed by atoms with Gasteiger partial charge < -0.3 is 16.4 Å². The van der Waals surface area contributed by atoms with Crippen molar-refractivity contribution in [2.24, 2.45) is 5.73 Å². The molecular formula is C17H31N3. The van der Waals surface area contributed by atoms with Crippen molar-refractivity contribution in [3.8, 4) is 0 Å². The summed E-state index contributed by atoms with van der Waals surface area (Å²) >= 11 is 0. The molecule has 0 amide bonds. The van der Waals surface area contributed by atoms with Crippen molar-refractivity contribution < 1.29 is 0 Å². The van der Waals surface area contributed by atoms with E-state index < -0.39 is 0 Å². The molecule has 4 N–H and O–H groups in total. The van der Waals surface area contributed by atoms with Crippen LogP contribution in [0.5, 0.6) is 0 Å². The van der Waals surface area contributed by atoms with Crippen molar-refractivity contribution in [3.05, 3.63) is 35.4 Å². The van der Waals surface area contributed by atoms with E-state index >= 15 is 0 Å². The second-order valence-electron chi connectivity index (χ2n) is 6.37. The summed E-state index contributed by atoms with van der Waals surface area (Å²) in [5.74, 6) is 0. The van der Waals surface area contributed by atoms with Crippen molar-refractivity contribution in [2.45, 2.75) is 45.6 Å². The van der Waals surface area contributed by atoms with Gasteiger partial charge >= 0.3 is 0 Å². The molecule has 0 aromatic heterocycles. The molecule has 0 fully saturated rings. The van der Waals surface area contributed by atoms with Crippen LogP contribution in [0.15, 0.2) is 24.3 Å². The van der Waals surface area contributed by atoms with Crippen LogP contribution < -0.4 is 16.4 Å². The lowest BCUT2D eigenvalue weighted by Crippen LogP contribution is -2.23. The Morgan fingerprint density at radius 1 is 0.900 bits per heavy atom. The van der Waals surface area contributed by atoms with Gasteiger partial charge in [0.2, 0.25) is 0 Å². The zero-order valence-electron chi connectivity index (χ0n) is 13.3. The summed E-state index contributed by atoms with van der Waals surface area (Å²) in [5.41, 5.74) is 8.43. The Morgan fingerprint density at radius 2 is 1.50 bits per heavy atom. The Morgan fingerprint density at radius 3 is 2.10 bits per heavy atom. The molecule has 0 atom stereocenters. The lowest BCUT2D eigenvalue weighted by Gasteiger charge is -2.19. The van der Waals surface area contributed by atoms with E-state index in [9.17, 15) is 0 Å². The van der Waals surface area contributed by atoms with Crippen LogP contribution in [0, 0.1) is 0 Å². The topological polar surface area (TPSA) is 50.1 Å². The van der Waals surface area contributed by atoms with E-state index in [4.69, 9.17) is 5.73 Å². The Balaban J connectivity index is 2.13. The molecule has 0 aliphatic carbocycles. The summed E-state index contributed by atoms with van der Waals surface area (Å²) in [5, 5.41) is 6.88. The van der Waals surface area contributed by atoms with Gasteiger partial charge in [0.05, 0.1) is 0 Å². The molecule has 0 saturated heterocycles. The largest absolute Gasteiger partial charge is 0.330 e. The lowest BCUT2D eigenvalue weighted by molar-refractivity contribution is 0.583. The van der Waals surface area contributed by atoms with Crippen molar-refractivity contribution in [1.82, 2.24) is 10.6 Å². The molecule has 1 rings (SSSR count). The monoisotopic (exact) mass is 277 g/mol. The molecule has 0 aliphatic heterocycles. The first-order valence-electron chi connectivity index (χ1n) is 7.75. The Labute approximate surface area is 124 Å². The van der Waals surface area contributed by atoms with Crippen LogP contribution in [0.3, 0.4) is 0 Å². The summed E-state index contributed by atoms with van der Waals surface area (Å²) < 4.78 is 0. The summed E-state index contributed by atoms with van der Waals surface area (Å²) in [7, 11) is 0. The highest BCUT2D eigenvalue weighted by atomic mass is 14.9. The van der Waals surface area contributed by atoms with Gasteiger partial charge in [-0.2, -0.15) is 0 Å². The van der Waals surface area contributed by atoms with Gasteiger partial charge in [-0.3, -0.25) is 0 Å². The van der Waals surface area contributed by atoms with E-state index in [0.29, 0.717) is 0 Å². The quantitative estimate of drug-likeness (QED) is 0.608. The number of benzene rings is 1. The van der Waals surface area contributed by atoms with Crippen molar-refractivity contribution in [1.29, 1.82) is 0 Å². The standard InChI is InChI=1S/C17H31N3/c1-17(2,3)16-8-6-15(7-9-16)14-20-13-5-12-19-11-4-10-18/h6-9,19-20H,4-5,10-14,18H2,1-3H3. The fourth-order valence-electron chi connectivity index (χ4n) is 2.05. The van der Waals surface area contributed by atoms with Crippen LogP contribution in [0.25, 0.3) is 0 Å². The van der Waals surface area contributed by atoms with Gasteiger partial charge in [-0.1, -0.05) is 45.0 Å². The number of nitrogens with two attached hydrogens (primary N) is 1. The van der Waals surface area contributed by atoms with Gasteiger partial charge in [0, 0.05) is 6.54 Å². The zero-order chi connectivity index (χ0) is 14.8. The summed E-state index contributed by atoms with van der Waals surface area (Å²) in [6.45, 7) is 11.6. The molecular weight excluding hydrogens is 246 g/mol. The number of hydrogen-bond donors (Lipinski definition) is 3.